The zero-order valence-electron chi connectivity index (χ0n) is 14.0. The first kappa shape index (κ1) is 17.6. The molecule has 0 spiro atoms. The minimum absolute atomic E-state index is 0.182. The van der Waals surface area contributed by atoms with Crippen LogP contribution in [0.5, 0.6) is 0 Å². The van der Waals surface area contributed by atoms with E-state index in [2.05, 4.69) is 32.9 Å². The lowest BCUT2D eigenvalue weighted by Gasteiger charge is -2.35. The van der Waals surface area contributed by atoms with E-state index in [1.165, 1.54) is 11.1 Å². The minimum Gasteiger partial charge on any atom is -0.171 e. The maximum absolute atomic E-state index is 13.3. The van der Waals surface area contributed by atoms with Gasteiger partial charge in [-0.1, -0.05) is 50.0 Å². The van der Waals surface area contributed by atoms with Crippen LogP contribution in [0, 0.1) is 23.7 Å². The Kier molecular flexibility index (Phi) is 5.79. The molecule has 0 aromatic carbocycles. The van der Waals surface area contributed by atoms with Crippen LogP contribution < -0.4 is 0 Å². The Labute approximate surface area is 132 Å². The fourth-order valence-corrected chi connectivity index (χ4v) is 4.19. The molecule has 0 aromatic rings. The second kappa shape index (κ2) is 7.23. The van der Waals surface area contributed by atoms with Crippen LogP contribution >= 0.6 is 0 Å². The summed E-state index contributed by atoms with van der Waals surface area (Å²) in [5.41, 5.74) is 2.66. The molecule has 1 saturated carbocycles. The number of hydrogen-bond acceptors (Lipinski definition) is 0. The molecule has 0 bridgehead atoms. The van der Waals surface area contributed by atoms with Crippen molar-refractivity contribution in [1.29, 1.82) is 0 Å². The quantitative estimate of drug-likeness (QED) is 0.545. The maximum Gasteiger partial charge on any atom is 0.392 e. The lowest BCUT2D eigenvalue weighted by Crippen LogP contribution is -2.34. The van der Waals surface area contributed by atoms with E-state index in [9.17, 15) is 13.2 Å². The largest absolute Gasteiger partial charge is 0.392 e. The highest BCUT2D eigenvalue weighted by Gasteiger charge is 2.45. The van der Waals surface area contributed by atoms with Gasteiger partial charge in [-0.05, 0) is 56.8 Å². The minimum atomic E-state index is -4.02. The summed E-state index contributed by atoms with van der Waals surface area (Å²) >= 11 is 0. The van der Waals surface area contributed by atoms with Gasteiger partial charge in [-0.15, -0.1) is 0 Å². The van der Waals surface area contributed by atoms with E-state index in [0.717, 1.165) is 32.1 Å². The van der Waals surface area contributed by atoms with Gasteiger partial charge in [-0.3, -0.25) is 0 Å². The van der Waals surface area contributed by atoms with Crippen LogP contribution in [-0.2, 0) is 0 Å². The monoisotopic (exact) mass is 314 g/mol. The summed E-state index contributed by atoms with van der Waals surface area (Å²) in [6.07, 6.45) is 5.92. The Morgan fingerprint density at radius 2 is 1.86 bits per heavy atom. The normalized spacial score (nSPS) is 33.9. The predicted octanol–water partition coefficient (Wildman–Crippen LogP) is 6.68. The Morgan fingerprint density at radius 3 is 2.50 bits per heavy atom. The first-order valence-electron chi connectivity index (χ1n) is 8.76. The number of allylic oxidation sites excluding steroid dienone is 4. The fraction of sp³-hybridized carbons (Fsp3) is 0.789. The molecule has 0 radical (unpaired) electrons. The van der Waals surface area contributed by atoms with Crippen molar-refractivity contribution >= 4 is 0 Å². The third-order valence-corrected chi connectivity index (χ3v) is 5.64. The molecule has 0 heterocycles. The van der Waals surface area contributed by atoms with Gasteiger partial charge in [0.1, 0.15) is 0 Å². The summed E-state index contributed by atoms with van der Waals surface area (Å²) in [5.74, 6) is -0.490. The number of alkyl halides is 3. The van der Waals surface area contributed by atoms with Crippen molar-refractivity contribution in [2.45, 2.75) is 71.9 Å². The lowest BCUT2D eigenvalue weighted by atomic mass is 9.73. The number of halogens is 3. The van der Waals surface area contributed by atoms with Crippen LogP contribution in [0.2, 0.25) is 0 Å². The zero-order valence-corrected chi connectivity index (χ0v) is 14.0. The second-order valence-corrected chi connectivity index (χ2v) is 7.31. The van der Waals surface area contributed by atoms with Gasteiger partial charge >= 0.3 is 6.18 Å². The third kappa shape index (κ3) is 4.39. The van der Waals surface area contributed by atoms with E-state index in [4.69, 9.17) is 0 Å². The van der Waals surface area contributed by atoms with Crippen LogP contribution in [-0.4, -0.2) is 6.18 Å². The summed E-state index contributed by atoms with van der Waals surface area (Å²) in [6.45, 7) is 6.48. The highest BCUT2D eigenvalue weighted by molar-refractivity contribution is 5.27. The van der Waals surface area contributed by atoms with Crippen molar-refractivity contribution in [3.8, 4) is 0 Å². The molecule has 0 nitrogen and oxygen atoms in total. The van der Waals surface area contributed by atoms with E-state index in [0.29, 0.717) is 24.7 Å². The third-order valence-electron chi connectivity index (χ3n) is 5.64. The van der Waals surface area contributed by atoms with Gasteiger partial charge in [0.25, 0.3) is 0 Å². The molecule has 4 unspecified atom stereocenters. The van der Waals surface area contributed by atoms with Crippen molar-refractivity contribution in [2.24, 2.45) is 23.7 Å². The summed E-state index contributed by atoms with van der Waals surface area (Å²) < 4.78 is 39.8. The first-order valence-corrected chi connectivity index (χ1v) is 8.76. The van der Waals surface area contributed by atoms with E-state index in [-0.39, 0.29) is 5.92 Å². The molecule has 0 N–H and O–H groups in total. The van der Waals surface area contributed by atoms with E-state index < -0.39 is 12.1 Å². The molecule has 0 saturated heterocycles. The topological polar surface area (TPSA) is 0 Å². The van der Waals surface area contributed by atoms with Gasteiger partial charge in [-0.25, -0.2) is 0 Å². The molecule has 4 atom stereocenters. The molecule has 22 heavy (non-hydrogen) atoms. The molecular formula is C19H29F3. The molecule has 0 aliphatic heterocycles. The zero-order chi connectivity index (χ0) is 16.3. The Balaban J connectivity index is 2.11. The SMILES string of the molecule is CCC1=CC(CC2CCCCC2C(F)(F)F)CC(C)C(C)=C1. The maximum atomic E-state index is 13.3. The van der Waals surface area contributed by atoms with E-state index in [1.807, 2.05) is 0 Å². The molecular weight excluding hydrogens is 285 g/mol. The highest BCUT2D eigenvalue weighted by Crippen LogP contribution is 2.45. The molecule has 3 heteroatoms. The predicted molar refractivity (Wildman–Crippen MR) is 85.5 cm³/mol. The van der Waals surface area contributed by atoms with Crippen LogP contribution in [0.15, 0.2) is 23.3 Å². The molecule has 2 aliphatic rings. The van der Waals surface area contributed by atoms with Crippen molar-refractivity contribution in [3.63, 3.8) is 0 Å². The highest BCUT2D eigenvalue weighted by atomic mass is 19.4. The number of rotatable bonds is 3. The van der Waals surface area contributed by atoms with Crippen LogP contribution in [0.1, 0.15) is 65.7 Å². The summed E-state index contributed by atoms with van der Waals surface area (Å²) in [7, 11) is 0. The van der Waals surface area contributed by atoms with E-state index >= 15 is 0 Å². The van der Waals surface area contributed by atoms with Gasteiger partial charge in [0.05, 0.1) is 5.92 Å². The lowest BCUT2D eigenvalue weighted by molar-refractivity contribution is -0.197. The molecule has 2 rings (SSSR count). The summed E-state index contributed by atoms with van der Waals surface area (Å²) in [5, 5.41) is 0. The van der Waals surface area contributed by atoms with Gasteiger partial charge in [0.2, 0.25) is 0 Å². The second-order valence-electron chi connectivity index (χ2n) is 7.31. The summed E-state index contributed by atoms with van der Waals surface area (Å²) in [4.78, 5) is 0. The molecule has 1 fully saturated rings. The van der Waals surface area contributed by atoms with Crippen molar-refractivity contribution < 1.29 is 13.2 Å². The molecule has 0 aromatic heterocycles. The number of hydrogen-bond donors (Lipinski definition) is 0. The van der Waals surface area contributed by atoms with Gasteiger partial charge in [0.15, 0.2) is 0 Å². The van der Waals surface area contributed by atoms with Crippen molar-refractivity contribution in [3.05, 3.63) is 23.3 Å². The van der Waals surface area contributed by atoms with E-state index in [1.54, 1.807) is 0 Å². The average Bonchev–Trinajstić information content (AvgIpc) is 2.58. The first-order chi connectivity index (χ1) is 10.3. The van der Waals surface area contributed by atoms with Crippen LogP contribution in [0.25, 0.3) is 0 Å². The van der Waals surface area contributed by atoms with Crippen LogP contribution in [0.3, 0.4) is 0 Å². The van der Waals surface area contributed by atoms with Gasteiger partial charge < -0.3 is 0 Å². The molecule has 126 valence electrons. The van der Waals surface area contributed by atoms with Gasteiger partial charge in [-0.2, -0.15) is 13.2 Å². The van der Waals surface area contributed by atoms with Gasteiger partial charge in [0, 0.05) is 0 Å². The smallest absolute Gasteiger partial charge is 0.171 e. The van der Waals surface area contributed by atoms with Crippen LogP contribution in [0.4, 0.5) is 13.2 Å². The van der Waals surface area contributed by atoms with Crippen molar-refractivity contribution in [1.82, 2.24) is 0 Å². The Hall–Kier alpha value is -0.730. The standard InChI is InChI=1S/C19H29F3/c1-4-15-9-13(2)14(3)10-16(11-15)12-17-7-5-6-8-18(17)19(20,21)22/h9,11,14,16-18H,4-8,10,12H2,1-3H3. The Morgan fingerprint density at radius 1 is 1.18 bits per heavy atom. The molecule has 0 amide bonds. The summed E-state index contributed by atoms with van der Waals surface area (Å²) in [6, 6.07) is 0. The average molecular weight is 314 g/mol. The van der Waals surface area contributed by atoms with Crippen molar-refractivity contribution in [2.75, 3.05) is 0 Å². The molecule has 2 aliphatic carbocycles. The Bertz CT molecular complexity index is 430. The fourth-order valence-electron chi connectivity index (χ4n) is 4.19.